The van der Waals surface area contributed by atoms with Gasteiger partial charge in [0.1, 0.15) is 6.54 Å². The van der Waals surface area contributed by atoms with Gasteiger partial charge < -0.3 is 15.7 Å². The Hall–Kier alpha value is -1.10. The molecule has 5 heteroatoms. The van der Waals surface area contributed by atoms with Crippen LogP contribution in [0.15, 0.2) is 0 Å². The highest BCUT2D eigenvalue weighted by atomic mass is 16.4. The van der Waals surface area contributed by atoms with Crippen LogP contribution in [0.4, 0.5) is 0 Å². The predicted molar refractivity (Wildman–Crippen MR) is 55.2 cm³/mol. The maximum Gasteiger partial charge on any atom is 0.323 e. The number of nitrogens with two attached hydrogens (primary N) is 1. The Morgan fingerprint density at radius 1 is 1.53 bits per heavy atom. The first kappa shape index (κ1) is 12.0. The molecule has 1 aliphatic rings. The number of carbonyl (C=O) groups excluding carboxylic acids is 1. The van der Waals surface area contributed by atoms with E-state index in [9.17, 15) is 9.59 Å². The molecule has 15 heavy (non-hydrogen) atoms. The topological polar surface area (TPSA) is 83.6 Å². The lowest BCUT2D eigenvalue weighted by Gasteiger charge is -2.21. The van der Waals surface area contributed by atoms with E-state index < -0.39 is 5.97 Å². The minimum absolute atomic E-state index is 0.0853. The van der Waals surface area contributed by atoms with E-state index in [2.05, 4.69) is 0 Å². The third-order valence-electron chi connectivity index (χ3n) is 2.54. The third-order valence-corrected chi connectivity index (χ3v) is 2.54. The van der Waals surface area contributed by atoms with Crippen LogP contribution in [0.25, 0.3) is 0 Å². The summed E-state index contributed by atoms with van der Waals surface area (Å²) in [7, 11) is 0. The average molecular weight is 214 g/mol. The van der Waals surface area contributed by atoms with Gasteiger partial charge >= 0.3 is 5.97 Å². The number of aliphatic carboxylic acids is 1. The Balaban J connectivity index is 2.47. The van der Waals surface area contributed by atoms with Crippen molar-refractivity contribution in [1.82, 2.24) is 4.90 Å². The first-order valence-electron chi connectivity index (χ1n) is 5.26. The lowest BCUT2D eigenvalue weighted by molar-refractivity contribution is -0.145. The van der Waals surface area contributed by atoms with Crippen molar-refractivity contribution < 1.29 is 14.7 Å². The first-order chi connectivity index (χ1) is 7.04. The minimum atomic E-state index is -0.948. The van der Waals surface area contributed by atoms with Gasteiger partial charge in [-0.1, -0.05) is 6.92 Å². The Bertz CT molecular complexity index is 251. The van der Waals surface area contributed by atoms with Gasteiger partial charge in [0.05, 0.1) is 0 Å². The van der Waals surface area contributed by atoms with Crippen LogP contribution >= 0.6 is 0 Å². The van der Waals surface area contributed by atoms with E-state index in [1.54, 1.807) is 0 Å². The van der Waals surface area contributed by atoms with Crippen LogP contribution in [-0.4, -0.2) is 41.0 Å². The molecule has 0 aromatic heterocycles. The van der Waals surface area contributed by atoms with Gasteiger partial charge in [-0.3, -0.25) is 9.59 Å². The highest BCUT2D eigenvalue weighted by Gasteiger charge is 2.33. The first-order valence-corrected chi connectivity index (χ1v) is 5.26. The normalized spacial score (nSPS) is 17.2. The Kier molecular flexibility index (Phi) is 4.08. The van der Waals surface area contributed by atoms with E-state index >= 15 is 0 Å². The monoisotopic (exact) mass is 214 g/mol. The van der Waals surface area contributed by atoms with Crippen molar-refractivity contribution in [2.75, 3.05) is 13.1 Å². The Morgan fingerprint density at radius 3 is 2.53 bits per heavy atom. The van der Waals surface area contributed by atoms with E-state index in [0.717, 1.165) is 12.8 Å². The SMILES string of the molecule is CC(CN)CC(=O)N(CC(=O)O)C1CC1. The fourth-order valence-corrected chi connectivity index (χ4v) is 1.45. The second-order valence-electron chi connectivity index (χ2n) is 4.19. The molecule has 1 aliphatic carbocycles. The molecule has 0 heterocycles. The number of carbonyl (C=O) groups is 2. The zero-order chi connectivity index (χ0) is 11.4. The van der Waals surface area contributed by atoms with Crippen LogP contribution in [0.2, 0.25) is 0 Å². The lowest BCUT2D eigenvalue weighted by atomic mass is 10.1. The molecule has 1 saturated carbocycles. The molecule has 1 amide bonds. The van der Waals surface area contributed by atoms with E-state index in [0.29, 0.717) is 13.0 Å². The van der Waals surface area contributed by atoms with Crippen LogP contribution in [0.1, 0.15) is 26.2 Å². The predicted octanol–water partition coefficient (Wildman–Crippen LogP) is 0.0469. The number of rotatable bonds is 6. The molecule has 5 nitrogen and oxygen atoms in total. The maximum absolute atomic E-state index is 11.7. The van der Waals surface area contributed by atoms with Crippen molar-refractivity contribution in [3.8, 4) is 0 Å². The van der Waals surface area contributed by atoms with E-state index in [4.69, 9.17) is 10.8 Å². The molecule has 0 aromatic carbocycles. The van der Waals surface area contributed by atoms with Crippen LogP contribution in [0, 0.1) is 5.92 Å². The largest absolute Gasteiger partial charge is 0.480 e. The summed E-state index contributed by atoms with van der Waals surface area (Å²) in [5.41, 5.74) is 5.43. The molecule has 0 radical (unpaired) electrons. The van der Waals surface area contributed by atoms with Crippen molar-refractivity contribution in [1.29, 1.82) is 0 Å². The molecular formula is C10H18N2O3. The van der Waals surface area contributed by atoms with Crippen molar-refractivity contribution >= 4 is 11.9 Å². The lowest BCUT2D eigenvalue weighted by Crippen LogP contribution is -2.38. The fourth-order valence-electron chi connectivity index (χ4n) is 1.45. The molecule has 1 unspecified atom stereocenters. The van der Waals surface area contributed by atoms with Crippen molar-refractivity contribution in [3.05, 3.63) is 0 Å². The van der Waals surface area contributed by atoms with Gasteiger partial charge in [-0.25, -0.2) is 0 Å². The van der Waals surface area contributed by atoms with E-state index in [-0.39, 0.29) is 24.4 Å². The summed E-state index contributed by atoms with van der Waals surface area (Å²) in [6.07, 6.45) is 2.20. The van der Waals surface area contributed by atoms with Gasteiger partial charge in [-0.15, -0.1) is 0 Å². The number of amides is 1. The molecular weight excluding hydrogens is 196 g/mol. The fraction of sp³-hybridized carbons (Fsp3) is 0.800. The van der Waals surface area contributed by atoms with Gasteiger partial charge in [0.15, 0.2) is 0 Å². The molecule has 1 atom stereocenters. The average Bonchev–Trinajstić information content (AvgIpc) is 2.96. The quantitative estimate of drug-likeness (QED) is 0.654. The molecule has 86 valence electrons. The number of nitrogens with zero attached hydrogens (tertiary/aromatic N) is 1. The van der Waals surface area contributed by atoms with Crippen LogP contribution in [0.3, 0.4) is 0 Å². The summed E-state index contributed by atoms with van der Waals surface area (Å²) in [5.74, 6) is -0.916. The van der Waals surface area contributed by atoms with Gasteiger partial charge in [-0.05, 0) is 25.3 Å². The Morgan fingerprint density at radius 2 is 2.13 bits per heavy atom. The molecule has 0 spiro atoms. The molecule has 1 fully saturated rings. The van der Waals surface area contributed by atoms with Crippen LogP contribution in [0.5, 0.6) is 0 Å². The van der Waals surface area contributed by atoms with Gasteiger partial charge in [0.2, 0.25) is 5.91 Å². The summed E-state index contributed by atoms with van der Waals surface area (Å²) >= 11 is 0. The number of hydrogen-bond donors (Lipinski definition) is 2. The van der Waals surface area contributed by atoms with E-state index in [1.807, 2.05) is 6.92 Å². The summed E-state index contributed by atoms with van der Waals surface area (Å²) in [5, 5.41) is 8.68. The zero-order valence-corrected chi connectivity index (χ0v) is 8.98. The number of hydrogen-bond acceptors (Lipinski definition) is 3. The molecule has 0 aliphatic heterocycles. The smallest absolute Gasteiger partial charge is 0.323 e. The highest BCUT2D eigenvalue weighted by Crippen LogP contribution is 2.27. The maximum atomic E-state index is 11.7. The Labute approximate surface area is 89.2 Å². The zero-order valence-electron chi connectivity index (χ0n) is 8.98. The van der Waals surface area contributed by atoms with Gasteiger partial charge in [-0.2, -0.15) is 0 Å². The summed E-state index contributed by atoms with van der Waals surface area (Å²) < 4.78 is 0. The molecule has 1 rings (SSSR count). The second-order valence-corrected chi connectivity index (χ2v) is 4.19. The number of carboxylic acid groups (broad SMARTS) is 1. The molecule has 0 aromatic rings. The standard InChI is InChI=1S/C10H18N2O3/c1-7(5-11)4-9(13)12(6-10(14)15)8-2-3-8/h7-8H,2-6,11H2,1H3,(H,14,15). The molecule has 0 saturated heterocycles. The second kappa shape index (κ2) is 5.11. The van der Waals surface area contributed by atoms with Crippen molar-refractivity contribution in [2.45, 2.75) is 32.2 Å². The summed E-state index contributed by atoms with van der Waals surface area (Å²) in [6.45, 7) is 2.17. The highest BCUT2D eigenvalue weighted by molar-refractivity contribution is 5.82. The molecule has 3 N–H and O–H groups in total. The molecule has 0 bridgehead atoms. The van der Waals surface area contributed by atoms with Crippen LogP contribution in [-0.2, 0) is 9.59 Å². The summed E-state index contributed by atoms with van der Waals surface area (Å²) in [6, 6.07) is 0.151. The van der Waals surface area contributed by atoms with Crippen LogP contribution < -0.4 is 5.73 Å². The summed E-state index contributed by atoms with van der Waals surface area (Å²) in [4.78, 5) is 23.8. The van der Waals surface area contributed by atoms with Crippen molar-refractivity contribution in [3.63, 3.8) is 0 Å². The van der Waals surface area contributed by atoms with Gasteiger partial charge in [0, 0.05) is 12.5 Å². The number of carboxylic acids is 1. The van der Waals surface area contributed by atoms with E-state index in [1.165, 1.54) is 4.90 Å². The van der Waals surface area contributed by atoms with Crippen molar-refractivity contribution in [2.24, 2.45) is 11.7 Å². The third kappa shape index (κ3) is 3.87. The van der Waals surface area contributed by atoms with Gasteiger partial charge in [0.25, 0.3) is 0 Å². The minimum Gasteiger partial charge on any atom is -0.480 e.